The van der Waals surface area contributed by atoms with E-state index in [2.05, 4.69) is 17.5 Å². The van der Waals surface area contributed by atoms with Crippen LogP contribution in [0.1, 0.15) is 48.5 Å². The van der Waals surface area contributed by atoms with E-state index < -0.39 is 0 Å². The molecule has 18 heavy (non-hydrogen) atoms. The monoisotopic (exact) mass is 244 g/mol. The fourth-order valence-electron chi connectivity index (χ4n) is 2.26. The zero-order valence-corrected chi connectivity index (χ0v) is 11.1. The Hall–Kier alpha value is -1.64. The molecular weight excluding hydrogens is 224 g/mol. The minimum absolute atomic E-state index is 0.124. The van der Waals surface area contributed by atoms with Crippen molar-refractivity contribution in [2.45, 2.75) is 39.5 Å². The smallest absolute Gasteiger partial charge is 0.267 e. The topological polar surface area (TPSA) is 41.5 Å². The summed E-state index contributed by atoms with van der Waals surface area (Å²) in [6.45, 7) is 4.24. The number of hydrogen-bond acceptors (Lipinski definition) is 2. The second-order valence-electron chi connectivity index (χ2n) is 5.19. The summed E-state index contributed by atoms with van der Waals surface area (Å²) < 4.78 is 0. The Bertz CT molecular complexity index is 448. The average Bonchev–Trinajstić information content (AvgIpc) is 2.37. The second-order valence-corrected chi connectivity index (χ2v) is 5.19. The lowest BCUT2D eigenvalue weighted by Gasteiger charge is -2.18. The number of carbonyl (C=O) groups is 1. The number of nitrogens with one attached hydrogen (secondary N) is 1. The van der Waals surface area contributed by atoms with Gasteiger partial charge in [-0.3, -0.25) is 4.79 Å². The molecule has 1 aliphatic carbocycles. The van der Waals surface area contributed by atoms with Crippen LogP contribution in [0.4, 0.5) is 0 Å². The standard InChI is InChI=1S/C15H20N2O/c1-11-6-8-13(9-7-11)15(18)17-16-14-5-3-4-12(2)10-14/h6-9,12H,3-5,10H2,1-2H3,(H,17,18)/b16-14-/t12-/m1/s1. The molecule has 0 spiro atoms. The molecule has 0 aromatic heterocycles. The van der Waals surface area contributed by atoms with Crippen LogP contribution in [-0.2, 0) is 0 Å². The van der Waals surface area contributed by atoms with Crippen molar-refractivity contribution in [3.05, 3.63) is 35.4 Å². The van der Waals surface area contributed by atoms with E-state index in [1.165, 1.54) is 12.8 Å². The first-order chi connectivity index (χ1) is 8.65. The molecule has 3 nitrogen and oxygen atoms in total. The van der Waals surface area contributed by atoms with Crippen molar-refractivity contribution < 1.29 is 4.79 Å². The van der Waals surface area contributed by atoms with Gasteiger partial charge in [-0.05, 0) is 50.7 Å². The predicted molar refractivity (Wildman–Crippen MR) is 73.7 cm³/mol. The summed E-state index contributed by atoms with van der Waals surface area (Å²) in [5.41, 5.74) is 5.59. The van der Waals surface area contributed by atoms with E-state index in [0.717, 1.165) is 24.1 Å². The Morgan fingerprint density at radius 2 is 2.06 bits per heavy atom. The molecule has 0 bridgehead atoms. The minimum atomic E-state index is -0.124. The molecule has 1 N–H and O–H groups in total. The van der Waals surface area contributed by atoms with E-state index in [0.29, 0.717) is 11.5 Å². The van der Waals surface area contributed by atoms with Crippen LogP contribution in [0, 0.1) is 12.8 Å². The highest BCUT2D eigenvalue weighted by Crippen LogP contribution is 2.20. The van der Waals surface area contributed by atoms with Crippen LogP contribution in [0.15, 0.2) is 29.4 Å². The molecule has 96 valence electrons. The summed E-state index contributed by atoms with van der Waals surface area (Å²) >= 11 is 0. The molecule has 1 atom stereocenters. The molecule has 3 heteroatoms. The first-order valence-corrected chi connectivity index (χ1v) is 6.57. The molecular formula is C15H20N2O. The molecule has 2 rings (SSSR count). The van der Waals surface area contributed by atoms with E-state index >= 15 is 0 Å². The summed E-state index contributed by atoms with van der Waals surface area (Å²) in [5, 5.41) is 4.25. The molecule has 1 aromatic carbocycles. The van der Waals surface area contributed by atoms with Crippen LogP contribution in [0.2, 0.25) is 0 Å². The Labute approximate surface area is 108 Å². The number of aryl methyl sites for hydroxylation is 1. The normalized spacial score (nSPS) is 21.9. The number of benzene rings is 1. The van der Waals surface area contributed by atoms with Crippen molar-refractivity contribution in [2.24, 2.45) is 11.0 Å². The summed E-state index contributed by atoms with van der Waals surface area (Å²) in [4.78, 5) is 11.9. The van der Waals surface area contributed by atoms with Gasteiger partial charge in [0, 0.05) is 11.3 Å². The van der Waals surface area contributed by atoms with Crippen molar-refractivity contribution in [1.29, 1.82) is 0 Å². The zero-order valence-electron chi connectivity index (χ0n) is 11.1. The number of amides is 1. The van der Waals surface area contributed by atoms with Crippen LogP contribution in [0.25, 0.3) is 0 Å². The van der Waals surface area contributed by atoms with Crippen LogP contribution < -0.4 is 5.43 Å². The molecule has 0 saturated heterocycles. The van der Waals surface area contributed by atoms with E-state index in [9.17, 15) is 4.79 Å². The third-order valence-electron chi connectivity index (χ3n) is 3.38. The maximum atomic E-state index is 11.9. The lowest BCUT2D eigenvalue weighted by molar-refractivity contribution is 0.0954. The molecule has 1 aliphatic rings. The van der Waals surface area contributed by atoms with Gasteiger partial charge in [-0.1, -0.05) is 24.6 Å². The molecule has 0 heterocycles. The van der Waals surface area contributed by atoms with Crippen LogP contribution in [-0.4, -0.2) is 11.6 Å². The van der Waals surface area contributed by atoms with Crippen molar-refractivity contribution in [3.63, 3.8) is 0 Å². The average molecular weight is 244 g/mol. The van der Waals surface area contributed by atoms with Gasteiger partial charge in [-0.2, -0.15) is 5.10 Å². The SMILES string of the molecule is Cc1ccc(C(=O)N/N=C2/CCC[C@@H](C)C2)cc1. The highest BCUT2D eigenvalue weighted by atomic mass is 16.2. The Morgan fingerprint density at radius 3 is 2.72 bits per heavy atom. The highest BCUT2D eigenvalue weighted by molar-refractivity contribution is 5.95. The van der Waals surface area contributed by atoms with Gasteiger partial charge in [0.2, 0.25) is 0 Å². The first kappa shape index (κ1) is 12.8. The molecule has 1 fully saturated rings. The molecule has 0 unspecified atom stereocenters. The van der Waals surface area contributed by atoms with Crippen LogP contribution in [0.5, 0.6) is 0 Å². The van der Waals surface area contributed by atoms with E-state index in [4.69, 9.17) is 0 Å². The number of hydrogen-bond donors (Lipinski definition) is 1. The maximum Gasteiger partial charge on any atom is 0.271 e. The van der Waals surface area contributed by atoms with Gasteiger partial charge in [0.1, 0.15) is 0 Å². The van der Waals surface area contributed by atoms with Crippen molar-refractivity contribution in [1.82, 2.24) is 5.43 Å². The number of hydrazone groups is 1. The number of nitrogens with zero attached hydrogens (tertiary/aromatic N) is 1. The number of carbonyl (C=O) groups excluding carboxylic acids is 1. The van der Waals surface area contributed by atoms with Gasteiger partial charge in [-0.15, -0.1) is 0 Å². The van der Waals surface area contributed by atoms with E-state index in [1.54, 1.807) is 0 Å². The molecule has 0 aliphatic heterocycles. The summed E-state index contributed by atoms with van der Waals surface area (Å²) in [5.74, 6) is 0.564. The van der Waals surface area contributed by atoms with Crippen LogP contribution in [0.3, 0.4) is 0 Å². The lowest BCUT2D eigenvalue weighted by Crippen LogP contribution is -2.22. The van der Waals surface area contributed by atoms with Gasteiger partial charge >= 0.3 is 0 Å². The lowest BCUT2D eigenvalue weighted by atomic mass is 9.89. The highest BCUT2D eigenvalue weighted by Gasteiger charge is 2.14. The van der Waals surface area contributed by atoms with Crippen LogP contribution >= 0.6 is 0 Å². The third kappa shape index (κ3) is 3.42. The van der Waals surface area contributed by atoms with Gasteiger partial charge < -0.3 is 0 Å². The van der Waals surface area contributed by atoms with Gasteiger partial charge in [-0.25, -0.2) is 5.43 Å². The molecule has 1 saturated carbocycles. The first-order valence-electron chi connectivity index (χ1n) is 6.57. The van der Waals surface area contributed by atoms with Crippen molar-refractivity contribution >= 4 is 11.6 Å². The fourth-order valence-corrected chi connectivity index (χ4v) is 2.26. The van der Waals surface area contributed by atoms with Crippen molar-refractivity contribution in [3.8, 4) is 0 Å². The summed E-state index contributed by atoms with van der Waals surface area (Å²) in [6.07, 6.45) is 4.47. The largest absolute Gasteiger partial charge is 0.271 e. The Morgan fingerprint density at radius 1 is 1.33 bits per heavy atom. The molecule has 0 radical (unpaired) electrons. The fraction of sp³-hybridized carbons (Fsp3) is 0.467. The van der Waals surface area contributed by atoms with E-state index in [-0.39, 0.29) is 5.91 Å². The number of rotatable bonds is 2. The quantitative estimate of drug-likeness (QED) is 0.797. The second kappa shape index (κ2) is 5.80. The molecule has 1 amide bonds. The van der Waals surface area contributed by atoms with Gasteiger partial charge in [0.25, 0.3) is 5.91 Å². The van der Waals surface area contributed by atoms with Crippen molar-refractivity contribution in [2.75, 3.05) is 0 Å². The molecule has 1 aromatic rings. The summed E-state index contributed by atoms with van der Waals surface area (Å²) in [7, 11) is 0. The van der Waals surface area contributed by atoms with Gasteiger partial charge in [0.15, 0.2) is 0 Å². The Kier molecular flexibility index (Phi) is 4.13. The van der Waals surface area contributed by atoms with E-state index in [1.807, 2.05) is 31.2 Å². The Balaban J connectivity index is 1.95. The summed E-state index contributed by atoms with van der Waals surface area (Å²) in [6, 6.07) is 7.53. The predicted octanol–water partition coefficient (Wildman–Crippen LogP) is 3.29. The minimum Gasteiger partial charge on any atom is -0.267 e. The van der Waals surface area contributed by atoms with Gasteiger partial charge in [0.05, 0.1) is 0 Å². The third-order valence-corrected chi connectivity index (χ3v) is 3.38. The zero-order chi connectivity index (χ0) is 13.0. The maximum absolute atomic E-state index is 11.9.